The van der Waals surface area contributed by atoms with Crippen LogP contribution in [0.1, 0.15) is 43.5 Å². The summed E-state index contributed by atoms with van der Waals surface area (Å²) in [6, 6.07) is 20.0. The van der Waals surface area contributed by atoms with Crippen LogP contribution in [0.5, 0.6) is 0 Å². The van der Waals surface area contributed by atoms with Crippen molar-refractivity contribution in [2.24, 2.45) is 0 Å². The van der Waals surface area contributed by atoms with Crippen LogP contribution < -0.4 is 10.8 Å². The van der Waals surface area contributed by atoms with Crippen LogP contribution in [0.2, 0.25) is 0 Å². The molecule has 0 saturated heterocycles. The minimum absolute atomic E-state index is 0.366. The van der Waals surface area contributed by atoms with Gasteiger partial charge >= 0.3 is 5.97 Å². The molecule has 5 heteroatoms. The monoisotopic (exact) mass is 355 g/mol. The van der Waals surface area contributed by atoms with E-state index in [0.29, 0.717) is 18.5 Å². The molecule has 2 atom stereocenters. The predicted octanol–water partition coefficient (Wildman–Crippen LogP) is 1.98. The third-order valence-corrected chi connectivity index (χ3v) is 3.52. The molecule has 0 saturated carbocycles. The Morgan fingerprint density at radius 2 is 1.50 bits per heavy atom. The van der Waals surface area contributed by atoms with Gasteiger partial charge in [-0.2, -0.15) is 0 Å². The van der Waals surface area contributed by atoms with Gasteiger partial charge in [-0.3, -0.25) is 0 Å². The molecule has 5 nitrogen and oxygen atoms in total. The number of esters is 1. The molecule has 2 aromatic carbocycles. The molecule has 0 amide bonds. The van der Waals surface area contributed by atoms with E-state index >= 15 is 0 Å². The quantitative estimate of drug-likeness (QED) is 0.633. The van der Waals surface area contributed by atoms with Gasteiger partial charge in [-0.25, -0.2) is 4.79 Å². The normalized spacial score (nSPS) is 12.6. The average Bonchev–Trinajstić information content (AvgIpc) is 2.66. The second-order valence-corrected chi connectivity index (χ2v) is 5.71. The highest BCUT2D eigenvalue weighted by Crippen LogP contribution is 2.20. The average molecular weight is 355 g/mol. The van der Waals surface area contributed by atoms with Crippen LogP contribution in [0, 0.1) is 0 Å². The SMILES string of the molecule is CC[C@H](OC(=O)/C=C\C(=O)[O-])c1ccccc1.C[C@H]([NH3+])c1ccccc1. The van der Waals surface area contributed by atoms with Gasteiger partial charge in [0.2, 0.25) is 0 Å². The van der Waals surface area contributed by atoms with E-state index in [0.717, 1.165) is 11.6 Å². The van der Waals surface area contributed by atoms with Gasteiger partial charge in [0.05, 0.1) is 5.97 Å². The fourth-order valence-electron chi connectivity index (χ4n) is 2.15. The van der Waals surface area contributed by atoms with Crippen molar-refractivity contribution in [3.8, 4) is 0 Å². The molecule has 26 heavy (non-hydrogen) atoms. The van der Waals surface area contributed by atoms with E-state index in [-0.39, 0.29) is 6.10 Å². The Balaban J connectivity index is 0.000000314. The Bertz CT molecular complexity index is 696. The minimum atomic E-state index is -1.42. The predicted molar refractivity (Wildman–Crippen MR) is 97.5 cm³/mol. The number of carbonyl (C=O) groups excluding carboxylic acids is 2. The second-order valence-electron chi connectivity index (χ2n) is 5.71. The molecule has 0 aliphatic heterocycles. The molecule has 0 aromatic heterocycles. The number of hydrogen-bond acceptors (Lipinski definition) is 4. The summed E-state index contributed by atoms with van der Waals surface area (Å²) in [5.74, 6) is -2.11. The lowest BCUT2D eigenvalue weighted by Crippen LogP contribution is -2.51. The van der Waals surface area contributed by atoms with Crippen molar-refractivity contribution in [1.82, 2.24) is 0 Å². The fraction of sp³-hybridized carbons (Fsp3) is 0.238. The summed E-state index contributed by atoms with van der Waals surface area (Å²) in [4.78, 5) is 21.4. The van der Waals surface area contributed by atoms with E-state index in [1.165, 1.54) is 5.56 Å². The van der Waals surface area contributed by atoms with Gasteiger partial charge < -0.3 is 20.4 Å². The van der Waals surface area contributed by atoms with Crippen LogP contribution in [0.25, 0.3) is 0 Å². The summed E-state index contributed by atoms with van der Waals surface area (Å²) in [5.41, 5.74) is 6.09. The van der Waals surface area contributed by atoms with Crippen molar-refractivity contribution in [3.63, 3.8) is 0 Å². The van der Waals surface area contributed by atoms with E-state index in [1.54, 1.807) is 0 Å². The number of carbonyl (C=O) groups is 2. The largest absolute Gasteiger partial charge is 0.545 e. The number of rotatable bonds is 6. The first kappa shape index (κ1) is 21.1. The van der Waals surface area contributed by atoms with Crippen molar-refractivity contribution in [3.05, 3.63) is 83.9 Å². The van der Waals surface area contributed by atoms with Crippen LogP contribution in [0.4, 0.5) is 0 Å². The summed E-state index contributed by atoms with van der Waals surface area (Å²) in [6.45, 7) is 3.97. The van der Waals surface area contributed by atoms with Crippen LogP contribution in [-0.2, 0) is 14.3 Å². The first-order valence-electron chi connectivity index (χ1n) is 8.46. The maximum absolute atomic E-state index is 11.3. The number of aliphatic carboxylic acids is 1. The Labute approximate surface area is 154 Å². The number of ether oxygens (including phenoxy) is 1. The van der Waals surface area contributed by atoms with Gasteiger partial charge in [-0.05, 0) is 25.0 Å². The summed E-state index contributed by atoms with van der Waals surface area (Å²) >= 11 is 0. The standard InChI is InChI=1S/C13H14O4.C8H11N/c1-2-11(10-6-4-3-5-7-10)17-13(16)9-8-12(14)15;1-7(9)8-5-3-2-4-6-8/h3-9,11H,2H2,1H3,(H,14,15);2-7H,9H2,1H3/b9-8-;/t11-;7-/m00/s1. The molecule has 0 heterocycles. The van der Waals surface area contributed by atoms with Crippen LogP contribution >= 0.6 is 0 Å². The van der Waals surface area contributed by atoms with Crippen LogP contribution in [0.15, 0.2) is 72.8 Å². The molecule has 0 aliphatic rings. The number of hydrogen-bond donors (Lipinski definition) is 1. The lowest BCUT2D eigenvalue weighted by Gasteiger charge is -2.15. The number of carboxylic acid groups (broad SMARTS) is 1. The highest BCUT2D eigenvalue weighted by molar-refractivity contribution is 5.90. The third-order valence-electron chi connectivity index (χ3n) is 3.52. The molecule has 3 N–H and O–H groups in total. The first-order valence-corrected chi connectivity index (χ1v) is 8.46. The Hall–Kier alpha value is -2.92. The van der Waals surface area contributed by atoms with Gasteiger partial charge in [0.15, 0.2) is 0 Å². The first-order chi connectivity index (χ1) is 12.4. The maximum atomic E-state index is 11.3. The Morgan fingerprint density at radius 1 is 1.00 bits per heavy atom. The topological polar surface area (TPSA) is 94.1 Å². The summed E-state index contributed by atoms with van der Waals surface area (Å²) in [6.07, 6.45) is 1.76. The molecular formula is C21H25NO4. The Morgan fingerprint density at radius 3 is 1.88 bits per heavy atom. The molecule has 0 radical (unpaired) electrons. The van der Waals surface area contributed by atoms with Crippen molar-refractivity contribution >= 4 is 11.9 Å². The summed E-state index contributed by atoms with van der Waals surface area (Å²) in [5, 5.41) is 10.1. The van der Waals surface area contributed by atoms with Gasteiger partial charge in [-0.15, -0.1) is 0 Å². The molecular weight excluding hydrogens is 330 g/mol. The Kier molecular flexibility index (Phi) is 9.43. The van der Waals surface area contributed by atoms with E-state index in [1.807, 2.05) is 55.5 Å². The van der Waals surface area contributed by atoms with Crippen molar-refractivity contribution in [2.45, 2.75) is 32.4 Å². The van der Waals surface area contributed by atoms with Crippen LogP contribution in [-0.4, -0.2) is 11.9 Å². The zero-order chi connectivity index (χ0) is 19.4. The maximum Gasteiger partial charge on any atom is 0.331 e. The highest BCUT2D eigenvalue weighted by Gasteiger charge is 2.12. The second kappa shape index (κ2) is 11.6. The number of carboxylic acids is 1. The number of quaternary nitrogens is 1. The van der Waals surface area contributed by atoms with E-state index < -0.39 is 11.9 Å². The van der Waals surface area contributed by atoms with Gasteiger partial charge in [0.25, 0.3) is 0 Å². The molecule has 0 unspecified atom stereocenters. The lowest BCUT2D eigenvalue weighted by atomic mass is 10.1. The van der Waals surface area contributed by atoms with Crippen molar-refractivity contribution in [1.29, 1.82) is 0 Å². The molecule has 0 spiro atoms. The van der Waals surface area contributed by atoms with Gasteiger partial charge in [0, 0.05) is 11.6 Å². The van der Waals surface area contributed by atoms with E-state index in [4.69, 9.17) is 4.74 Å². The van der Waals surface area contributed by atoms with E-state index in [2.05, 4.69) is 24.8 Å². The van der Waals surface area contributed by atoms with Crippen LogP contribution in [0.3, 0.4) is 0 Å². The number of benzene rings is 2. The highest BCUT2D eigenvalue weighted by atomic mass is 16.5. The smallest absolute Gasteiger partial charge is 0.331 e. The zero-order valence-electron chi connectivity index (χ0n) is 15.1. The third kappa shape index (κ3) is 8.26. The molecule has 0 fully saturated rings. The molecule has 0 bridgehead atoms. The molecule has 2 aromatic rings. The van der Waals surface area contributed by atoms with E-state index in [9.17, 15) is 14.7 Å². The van der Waals surface area contributed by atoms with Gasteiger partial charge in [0.1, 0.15) is 12.1 Å². The minimum Gasteiger partial charge on any atom is -0.545 e. The van der Waals surface area contributed by atoms with Crippen molar-refractivity contribution < 1.29 is 25.2 Å². The molecule has 138 valence electrons. The molecule has 2 rings (SSSR count). The fourth-order valence-corrected chi connectivity index (χ4v) is 2.15. The van der Waals surface area contributed by atoms with Gasteiger partial charge in [-0.1, -0.05) is 67.6 Å². The van der Waals surface area contributed by atoms with Crippen molar-refractivity contribution in [2.75, 3.05) is 0 Å². The zero-order valence-corrected chi connectivity index (χ0v) is 15.1. The lowest BCUT2D eigenvalue weighted by molar-refractivity contribution is -0.420. The summed E-state index contributed by atoms with van der Waals surface area (Å²) < 4.78 is 5.12. The molecule has 0 aliphatic carbocycles. The summed E-state index contributed by atoms with van der Waals surface area (Å²) in [7, 11) is 0.